The molecule has 0 unspecified atom stereocenters. The molecule has 3 heteroatoms. The van der Waals surface area contributed by atoms with Crippen LogP contribution in [0.4, 0.5) is 5.69 Å². The second-order valence-electron chi connectivity index (χ2n) is 5.52. The molecular weight excluding hydrogens is 248 g/mol. The van der Waals surface area contributed by atoms with Crippen LogP contribution in [0.2, 0.25) is 0 Å². The highest BCUT2D eigenvalue weighted by Gasteiger charge is 2.23. The number of benzene rings is 1. The normalized spacial score (nSPS) is 13.6. The molecule has 0 saturated heterocycles. The van der Waals surface area contributed by atoms with Crippen LogP contribution in [0.1, 0.15) is 44.6 Å². The number of hydrogen-bond acceptors (Lipinski definition) is 2. The molecule has 0 aromatic heterocycles. The standard InChI is InChI=1S/C17H26N2O/c1-2-3-4-5-8-12-18-14-17(20)19-13-11-15-9-6-7-10-16(15)19/h6-7,9-10,18H,2-5,8,11-14H2,1H3. The third-order valence-electron chi connectivity index (χ3n) is 3.92. The van der Waals surface area contributed by atoms with Gasteiger partial charge in [0.1, 0.15) is 0 Å². The molecule has 1 aromatic rings. The average molecular weight is 274 g/mol. The van der Waals surface area contributed by atoms with E-state index in [4.69, 9.17) is 0 Å². The van der Waals surface area contributed by atoms with Gasteiger partial charge in [-0.2, -0.15) is 0 Å². The van der Waals surface area contributed by atoms with Crippen molar-refractivity contribution in [1.29, 1.82) is 0 Å². The van der Waals surface area contributed by atoms with Crippen molar-refractivity contribution in [2.75, 3.05) is 24.5 Å². The summed E-state index contributed by atoms with van der Waals surface area (Å²) in [6, 6.07) is 8.21. The first-order chi connectivity index (χ1) is 9.83. The highest BCUT2D eigenvalue weighted by molar-refractivity contribution is 5.96. The molecular formula is C17H26N2O. The van der Waals surface area contributed by atoms with Crippen LogP contribution in [0, 0.1) is 0 Å². The summed E-state index contributed by atoms with van der Waals surface area (Å²) >= 11 is 0. The first kappa shape index (κ1) is 15.0. The lowest BCUT2D eigenvalue weighted by Gasteiger charge is -2.17. The van der Waals surface area contributed by atoms with E-state index in [1.807, 2.05) is 23.1 Å². The van der Waals surface area contributed by atoms with E-state index in [-0.39, 0.29) is 5.91 Å². The van der Waals surface area contributed by atoms with Gasteiger partial charge in [-0.1, -0.05) is 50.8 Å². The maximum absolute atomic E-state index is 12.2. The smallest absolute Gasteiger partial charge is 0.240 e. The van der Waals surface area contributed by atoms with E-state index in [2.05, 4.69) is 18.3 Å². The van der Waals surface area contributed by atoms with Crippen LogP contribution < -0.4 is 10.2 Å². The molecule has 0 atom stereocenters. The number of rotatable bonds is 8. The van der Waals surface area contributed by atoms with E-state index in [0.717, 1.165) is 25.2 Å². The third kappa shape index (κ3) is 4.07. The summed E-state index contributed by atoms with van der Waals surface area (Å²) in [5, 5.41) is 3.28. The fourth-order valence-corrected chi connectivity index (χ4v) is 2.74. The molecule has 0 radical (unpaired) electrons. The lowest BCUT2D eigenvalue weighted by atomic mass is 10.1. The lowest BCUT2D eigenvalue weighted by molar-refractivity contribution is -0.117. The van der Waals surface area contributed by atoms with Gasteiger partial charge < -0.3 is 10.2 Å². The maximum atomic E-state index is 12.2. The molecule has 20 heavy (non-hydrogen) atoms. The summed E-state index contributed by atoms with van der Waals surface area (Å²) in [7, 11) is 0. The Morgan fingerprint density at radius 3 is 2.85 bits per heavy atom. The minimum absolute atomic E-state index is 0.198. The summed E-state index contributed by atoms with van der Waals surface area (Å²) in [4.78, 5) is 14.1. The molecule has 110 valence electrons. The maximum Gasteiger partial charge on any atom is 0.240 e. The minimum Gasteiger partial charge on any atom is -0.311 e. The SMILES string of the molecule is CCCCCCCNCC(=O)N1CCc2ccccc21. The fourth-order valence-electron chi connectivity index (χ4n) is 2.74. The van der Waals surface area contributed by atoms with Crippen LogP contribution in [0.15, 0.2) is 24.3 Å². The molecule has 1 aliphatic heterocycles. The number of nitrogens with one attached hydrogen (secondary N) is 1. The van der Waals surface area contributed by atoms with Crippen LogP contribution in [0.25, 0.3) is 0 Å². The van der Waals surface area contributed by atoms with Crippen molar-refractivity contribution in [2.24, 2.45) is 0 Å². The Hall–Kier alpha value is -1.35. The number of carbonyl (C=O) groups excluding carboxylic acids is 1. The monoisotopic (exact) mass is 274 g/mol. The van der Waals surface area contributed by atoms with E-state index in [1.165, 1.54) is 37.7 Å². The quantitative estimate of drug-likeness (QED) is 0.739. The van der Waals surface area contributed by atoms with Gasteiger partial charge in [0.2, 0.25) is 5.91 Å². The molecule has 0 saturated carbocycles. The van der Waals surface area contributed by atoms with E-state index < -0.39 is 0 Å². The van der Waals surface area contributed by atoms with Crippen molar-refractivity contribution in [3.8, 4) is 0 Å². The fraction of sp³-hybridized carbons (Fsp3) is 0.588. The molecule has 1 amide bonds. The number of unbranched alkanes of at least 4 members (excludes halogenated alkanes) is 4. The number of nitrogens with zero attached hydrogens (tertiary/aromatic N) is 1. The number of carbonyl (C=O) groups is 1. The second kappa shape index (κ2) is 8.05. The highest BCUT2D eigenvalue weighted by atomic mass is 16.2. The number of hydrogen-bond donors (Lipinski definition) is 1. The van der Waals surface area contributed by atoms with E-state index in [0.29, 0.717) is 6.54 Å². The second-order valence-corrected chi connectivity index (χ2v) is 5.52. The first-order valence-electron chi connectivity index (χ1n) is 7.92. The van der Waals surface area contributed by atoms with Crippen LogP contribution in [-0.2, 0) is 11.2 Å². The van der Waals surface area contributed by atoms with Gasteiger partial charge in [0.25, 0.3) is 0 Å². The van der Waals surface area contributed by atoms with E-state index in [9.17, 15) is 4.79 Å². The van der Waals surface area contributed by atoms with Gasteiger partial charge in [0.05, 0.1) is 6.54 Å². The first-order valence-corrected chi connectivity index (χ1v) is 7.92. The molecule has 2 rings (SSSR count). The predicted molar refractivity (Wildman–Crippen MR) is 84.1 cm³/mol. The summed E-state index contributed by atoms with van der Waals surface area (Å²) in [5.41, 5.74) is 2.39. The van der Waals surface area contributed by atoms with Gasteiger partial charge in [-0.05, 0) is 31.0 Å². The van der Waals surface area contributed by atoms with Crippen molar-refractivity contribution in [1.82, 2.24) is 5.32 Å². The molecule has 0 fully saturated rings. The summed E-state index contributed by atoms with van der Waals surface area (Å²) in [6.07, 6.45) is 7.33. The zero-order valence-electron chi connectivity index (χ0n) is 12.5. The van der Waals surface area contributed by atoms with Crippen molar-refractivity contribution >= 4 is 11.6 Å². The Balaban J connectivity index is 1.66. The third-order valence-corrected chi connectivity index (χ3v) is 3.92. The zero-order valence-corrected chi connectivity index (χ0v) is 12.5. The molecule has 3 nitrogen and oxygen atoms in total. The summed E-state index contributed by atoms with van der Waals surface area (Å²) < 4.78 is 0. The van der Waals surface area contributed by atoms with E-state index in [1.54, 1.807) is 0 Å². The van der Waals surface area contributed by atoms with Crippen molar-refractivity contribution in [2.45, 2.75) is 45.4 Å². The van der Waals surface area contributed by atoms with Crippen molar-refractivity contribution in [3.63, 3.8) is 0 Å². The highest BCUT2D eigenvalue weighted by Crippen LogP contribution is 2.27. The van der Waals surface area contributed by atoms with Gasteiger partial charge in [0, 0.05) is 12.2 Å². The van der Waals surface area contributed by atoms with Crippen LogP contribution >= 0.6 is 0 Å². The number of para-hydroxylation sites is 1. The van der Waals surface area contributed by atoms with Crippen molar-refractivity contribution < 1.29 is 4.79 Å². The van der Waals surface area contributed by atoms with Crippen LogP contribution in [-0.4, -0.2) is 25.5 Å². The summed E-state index contributed by atoms with van der Waals surface area (Å²) in [5.74, 6) is 0.198. The topological polar surface area (TPSA) is 32.3 Å². The summed E-state index contributed by atoms with van der Waals surface area (Å²) in [6.45, 7) is 4.47. The molecule has 0 bridgehead atoms. The van der Waals surface area contributed by atoms with Gasteiger partial charge >= 0.3 is 0 Å². The Labute approximate surface area is 122 Å². The lowest BCUT2D eigenvalue weighted by Crippen LogP contribution is -2.37. The zero-order chi connectivity index (χ0) is 14.2. The minimum atomic E-state index is 0.198. The van der Waals surface area contributed by atoms with Crippen LogP contribution in [0.3, 0.4) is 0 Å². The molecule has 1 heterocycles. The van der Waals surface area contributed by atoms with Gasteiger partial charge in [0.15, 0.2) is 0 Å². The number of anilines is 1. The Bertz CT molecular complexity index is 431. The molecule has 0 aliphatic carbocycles. The number of amides is 1. The molecule has 1 aromatic carbocycles. The average Bonchev–Trinajstić information content (AvgIpc) is 2.90. The Morgan fingerprint density at radius 2 is 2.00 bits per heavy atom. The molecule has 1 aliphatic rings. The van der Waals surface area contributed by atoms with E-state index >= 15 is 0 Å². The van der Waals surface area contributed by atoms with Gasteiger partial charge in [-0.25, -0.2) is 0 Å². The molecule has 0 spiro atoms. The van der Waals surface area contributed by atoms with Crippen LogP contribution in [0.5, 0.6) is 0 Å². The largest absolute Gasteiger partial charge is 0.311 e. The molecule has 1 N–H and O–H groups in total. The Morgan fingerprint density at radius 1 is 1.20 bits per heavy atom. The number of fused-ring (bicyclic) bond motifs is 1. The van der Waals surface area contributed by atoms with Gasteiger partial charge in [-0.3, -0.25) is 4.79 Å². The Kier molecular flexibility index (Phi) is 6.06. The van der Waals surface area contributed by atoms with Gasteiger partial charge in [-0.15, -0.1) is 0 Å². The van der Waals surface area contributed by atoms with Crippen molar-refractivity contribution in [3.05, 3.63) is 29.8 Å². The predicted octanol–water partition coefficient (Wildman–Crippen LogP) is 3.14.